The summed E-state index contributed by atoms with van der Waals surface area (Å²) < 4.78 is 10.6. The van der Waals surface area contributed by atoms with Crippen molar-refractivity contribution in [2.45, 2.75) is 34.7 Å². The van der Waals surface area contributed by atoms with Crippen LogP contribution in [0, 0.1) is 0 Å². The van der Waals surface area contributed by atoms with Gasteiger partial charge in [-0.1, -0.05) is 22.6 Å². The van der Waals surface area contributed by atoms with Crippen LogP contribution in [0.1, 0.15) is 6.42 Å². The molecule has 5 atom stereocenters. The fourth-order valence-corrected chi connectivity index (χ4v) is 3.20. The Morgan fingerprint density at radius 2 is 2.33 bits per heavy atom. The lowest BCUT2D eigenvalue weighted by Gasteiger charge is -2.38. The fourth-order valence-electron chi connectivity index (χ4n) is 2.29. The number of aliphatic hydroxyl groups is 1. The molecule has 0 bridgehead atoms. The Hall–Kier alpha value is -0.0800. The molecular formula is C9H14INO4. The van der Waals surface area contributed by atoms with Gasteiger partial charge in [-0.2, -0.15) is 0 Å². The highest BCUT2D eigenvalue weighted by molar-refractivity contribution is 14.1. The number of rotatable bonds is 1. The van der Waals surface area contributed by atoms with Gasteiger partial charge in [-0.15, -0.1) is 0 Å². The number of carbonyl (C=O) groups is 1. The largest absolute Gasteiger partial charge is 0.441 e. The van der Waals surface area contributed by atoms with Crippen molar-refractivity contribution in [1.82, 2.24) is 4.90 Å². The maximum absolute atomic E-state index is 11.4. The maximum atomic E-state index is 11.4. The molecule has 0 unspecified atom stereocenters. The molecule has 0 aromatic heterocycles. The van der Waals surface area contributed by atoms with Gasteiger partial charge in [0.15, 0.2) is 6.10 Å². The average Bonchev–Trinajstić information content (AvgIpc) is 2.50. The lowest BCUT2D eigenvalue weighted by atomic mass is 9.87. The Balaban J connectivity index is 2.24. The minimum absolute atomic E-state index is 0.0586. The van der Waals surface area contributed by atoms with Gasteiger partial charge in [0.2, 0.25) is 0 Å². The molecule has 0 spiro atoms. The minimum Gasteiger partial charge on any atom is -0.441 e. The Morgan fingerprint density at radius 3 is 2.93 bits per heavy atom. The molecule has 0 aromatic carbocycles. The molecule has 2 rings (SSSR count). The van der Waals surface area contributed by atoms with E-state index in [9.17, 15) is 9.90 Å². The molecule has 86 valence electrons. The van der Waals surface area contributed by atoms with E-state index in [1.54, 1.807) is 14.2 Å². The summed E-state index contributed by atoms with van der Waals surface area (Å²) in [6.07, 6.45) is -0.757. The van der Waals surface area contributed by atoms with Crippen LogP contribution in [0.3, 0.4) is 0 Å². The Labute approximate surface area is 102 Å². The lowest BCUT2D eigenvalue weighted by Crippen LogP contribution is -2.56. The fraction of sp³-hybridized carbons (Fsp3) is 0.889. The summed E-state index contributed by atoms with van der Waals surface area (Å²) in [6.45, 7) is 0. The van der Waals surface area contributed by atoms with Crippen LogP contribution in [-0.2, 0) is 9.47 Å². The van der Waals surface area contributed by atoms with Crippen LogP contribution in [-0.4, -0.2) is 58.5 Å². The average molecular weight is 327 g/mol. The third-order valence-electron chi connectivity index (χ3n) is 3.16. The summed E-state index contributed by atoms with van der Waals surface area (Å²) in [7, 11) is 3.30. The number of fused-ring (bicyclic) bond motifs is 1. The quantitative estimate of drug-likeness (QED) is 0.559. The van der Waals surface area contributed by atoms with E-state index in [-0.39, 0.29) is 22.2 Å². The molecule has 1 aliphatic carbocycles. The standard InChI is InChI=1S/C9H14INO4/c1-11-6-5(14-2)3-4(10)7(12)8(6)15-9(11)13/h4-8,12H,3H2,1-2H3/t4-,5-,6-,7+,8-/m1/s1. The van der Waals surface area contributed by atoms with Gasteiger partial charge in [0.05, 0.1) is 6.10 Å². The topological polar surface area (TPSA) is 59.0 Å². The number of halogens is 1. The van der Waals surface area contributed by atoms with Gasteiger partial charge in [0.25, 0.3) is 0 Å². The molecule has 1 aliphatic heterocycles. The number of amides is 1. The first-order valence-electron chi connectivity index (χ1n) is 4.84. The maximum Gasteiger partial charge on any atom is 0.410 e. The van der Waals surface area contributed by atoms with Gasteiger partial charge < -0.3 is 19.5 Å². The van der Waals surface area contributed by atoms with Crippen molar-refractivity contribution in [2.24, 2.45) is 0 Å². The zero-order chi connectivity index (χ0) is 11.2. The summed E-state index contributed by atoms with van der Waals surface area (Å²) in [4.78, 5) is 12.9. The molecule has 1 saturated heterocycles. The van der Waals surface area contributed by atoms with Crippen LogP contribution in [0.25, 0.3) is 0 Å². The highest BCUT2D eigenvalue weighted by atomic mass is 127. The molecule has 2 aliphatic rings. The summed E-state index contributed by atoms with van der Waals surface area (Å²) in [5.74, 6) is 0. The van der Waals surface area contributed by atoms with Gasteiger partial charge in [-0.25, -0.2) is 4.79 Å². The highest BCUT2D eigenvalue weighted by Crippen LogP contribution is 2.35. The Kier molecular flexibility index (Phi) is 3.09. The van der Waals surface area contributed by atoms with Crippen molar-refractivity contribution >= 4 is 28.7 Å². The van der Waals surface area contributed by atoms with E-state index in [0.717, 1.165) is 6.42 Å². The van der Waals surface area contributed by atoms with E-state index < -0.39 is 12.2 Å². The number of hydrogen-bond acceptors (Lipinski definition) is 4. The molecule has 0 aromatic rings. The van der Waals surface area contributed by atoms with Crippen molar-refractivity contribution in [3.8, 4) is 0 Å². The van der Waals surface area contributed by atoms with Gasteiger partial charge in [0.1, 0.15) is 12.1 Å². The third kappa shape index (κ3) is 1.72. The van der Waals surface area contributed by atoms with Crippen LogP contribution >= 0.6 is 22.6 Å². The smallest absolute Gasteiger partial charge is 0.410 e. The summed E-state index contributed by atoms with van der Waals surface area (Å²) in [5.41, 5.74) is 0. The summed E-state index contributed by atoms with van der Waals surface area (Å²) in [6, 6.07) is -0.163. The molecule has 5 nitrogen and oxygen atoms in total. The molecule has 1 saturated carbocycles. The third-order valence-corrected chi connectivity index (χ3v) is 4.40. The number of hydrogen-bond donors (Lipinski definition) is 1. The SMILES string of the molecule is CO[C@@H]1C[C@@H](I)[C@H](O)[C@@H]2OC(=O)N(C)[C@@H]21. The first-order valence-corrected chi connectivity index (χ1v) is 6.09. The van der Waals surface area contributed by atoms with Crippen molar-refractivity contribution in [3.63, 3.8) is 0 Å². The number of nitrogens with zero attached hydrogens (tertiary/aromatic N) is 1. The van der Waals surface area contributed by atoms with Crippen LogP contribution in [0.15, 0.2) is 0 Å². The summed E-state index contributed by atoms with van der Waals surface area (Å²) >= 11 is 2.17. The van der Waals surface area contributed by atoms with Gasteiger partial charge in [0, 0.05) is 18.1 Å². The molecule has 1 N–H and O–H groups in total. The molecule has 0 radical (unpaired) electrons. The molecule has 2 fully saturated rings. The second-order valence-electron chi connectivity index (χ2n) is 3.97. The zero-order valence-electron chi connectivity index (χ0n) is 8.59. The van der Waals surface area contributed by atoms with Crippen molar-refractivity contribution < 1.29 is 19.4 Å². The number of alkyl halides is 1. The van der Waals surface area contributed by atoms with E-state index >= 15 is 0 Å². The number of likely N-dealkylation sites (N-methyl/N-ethyl adjacent to an activating group) is 1. The predicted molar refractivity (Wildman–Crippen MR) is 61.0 cm³/mol. The van der Waals surface area contributed by atoms with E-state index in [4.69, 9.17) is 9.47 Å². The zero-order valence-corrected chi connectivity index (χ0v) is 10.7. The number of aliphatic hydroxyl groups excluding tert-OH is 1. The van der Waals surface area contributed by atoms with E-state index in [1.165, 1.54) is 4.90 Å². The molecule has 6 heteroatoms. The second kappa shape index (κ2) is 4.06. The van der Waals surface area contributed by atoms with Crippen molar-refractivity contribution in [1.29, 1.82) is 0 Å². The molecule has 1 heterocycles. The first kappa shape index (κ1) is 11.4. The van der Waals surface area contributed by atoms with Gasteiger partial charge in [-0.05, 0) is 6.42 Å². The van der Waals surface area contributed by atoms with Crippen LogP contribution in [0.5, 0.6) is 0 Å². The number of methoxy groups -OCH3 is 1. The van der Waals surface area contributed by atoms with Gasteiger partial charge >= 0.3 is 6.09 Å². The van der Waals surface area contributed by atoms with Crippen LogP contribution < -0.4 is 0 Å². The van der Waals surface area contributed by atoms with Crippen molar-refractivity contribution in [2.75, 3.05) is 14.2 Å². The predicted octanol–water partition coefficient (Wildman–Crippen LogP) is 0.389. The van der Waals surface area contributed by atoms with Crippen LogP contribution in [0.2, 0.25) is 0 Å². The molecular weight excluding hydrogens is 313 g/mol. The van der Waals surface area contributed by atoms with Crippen LogP contribution in [0.4, 0.5) is 4.79 Å². The first-order chi connectivity index (χ1) is 7.06. The number of ether oxygens (including phenoxy) is 2. The molecule has 15 heavy (non-hydrogen) atoms. The van der Waals surface area contributed by atoms with E-state index in [1.807, 2.05) is 0 Å². The van der Waals surface area contributed by atoms with E-state index in [2.05, 4.69) is 22.6 Å². The lowest BCUT2D eigenvalue weighted by molar-refractivity contribution is -0.0614. The minimum atomic E-state index is -0.601. The Bertz CT molecular complexity index is 275. The normalized spacial score (nSPS) is 45.2. The summed E-state index contributed by atoms with van der Waals surface area (Å²) in [5, 5.41) is 9.93. The second-order valence-corrected chi connectivity index (χ2v) is 5.57. The van der Waals surface area contributed by atoms with Crippen molar-refractivity contribution in [3.05, 3.63) is 0 Å². The molecule has 1 amide bonds. The number of carbonyl (C=O) groups excluding carboxylic acids is 1. The van der Waals surface area contributed by atoms with E-state index in [0.29, 0.717) is 0 Å². The van der Waals surface area contributed by atoms with Gasteiger partial charge in [-0.3, -0.25) is 0 Å². The highest BCUT2D eigenvalue weighted by Gasteiger charge is 2.53. The monoisotopic (exact) mass is 327 g/mol. The Morgan fingerprint density at radius 1 is 1.67 bits per heavy atom.